The first-order valence-electron chi connectivity index (χ1n) is 5.33. The van der Waals surface area contributed by atoms with Gasteiger partial charge in [-0.05, 0) is 17.7 Å². The van der Waals surface area contributed by atoms with Crippen molar-refractivity contribution in [2.75, 3.05) is 27.1 Å². The van der Waals surface area contributed by atoms with Crippen LogP contribution in [0, 0.1) is 10.1 Å². The molecule has 0 heterocycles. The van der Waals surface area contributed by atoms with Crippen LogP contribution in [0.3, 0.4) is 0 Å². The summed E-state index contributed by atoms with van der Waals surface area (Å²) in [7, 11) is 1.60. The zero-order chi connectivity index (χ0) is 13.2. The highest BCUT2D eigenvalue weighted by molar-refractivity contribution is 5.49. The molecule has 0 aliphatic carbocycles. The number of nitro groups is 1. The molecule has 0 aromatic heterocycles. The fourth-order valence-electron chi connectivity index (χ4n) is 1.13. The van der Waals surface area contributed by atoms with Crippen molar-refractivity contribution in [1.29, 1.82) is 0 Å². The predicted molar refractivity (Wildman–Crippen MR) is 65.8 cm³/mol. The van der Waals surface area contributed by atoms with Crippen molar-refractivity contribution < 1.29 is 19.1 Å². The minimum Gasteiger partial charge on any atom is -0.468 e. The van der Waals surface area contributed by atoms with E-state index >= 15 is 0 Å². The van der Waals surface area contributed by atoms with E-state index in [2.05, 4.69) is 0 Å². The van der Waals surface area contributed by atoms with Gasteiger partial charge in [-0.25, -0.2) is 0 Å². The minimum absolute atomic E-state index is 0.146. The lowest BCUT2D eigenvalue weighted by molar-refractivity contribution is -0.400. The maximum Gasteiger partial charge on any atom is 0.235 e. The van der Waals surface area contributed by atoms with E-state index in [-0.39, 0.29) is 6.79 Å². The molecule has 0 fully saturated rings. The molecule has 0 atom stereocenters. The van der Waals surface area contributed by atoms with Gasteiger partial charge in [0, 0.05) is 13.2 Å². The standard InChI is InChI=1S/C12H15NO5/c1-16-8-9-17-10-18-12-4-2-11(3-5-12)6-7-13(14)15/h2-7H,8-10H2,1H3. The normalized spacial score (nSPS) is 10.7. The van der Waals surface area contributed by atoms with Crippen molar-refractivity contribution in [3.05, 3.63) is 46.1 Å². The van der Waals surface area contributed by atoms with E-state index in [1.54, 1.807) is 31.4 Å². The molecule has 0 N–H and O–H groups in total. The lowest BCUT2D eigenvalue weighted by Crippen LogP contribution is -2.07. The minimum atomic E-state index is -0.506. The van der Waals surface area contributed by atoms with E-state index in [1.807, 2.05) is 0 Å². The molecule has 0 spiro atoms. The molecule has 98 valence electrons. The highest BCUT2D eigenvalue weighted by Crippen LogP contribution is 2.13. The van der Waals surface area contributed by atoms with Gasteiger partial charge in [0.15, 0.2) is 6.79 Å². The summed E-state index contributed by atoms with van der Waals surface area (Å²) in [6.07, 6.45) is 2.31. The third-order valence-electron chi connectivity index (χ3n) is 2.01. The van der Waals surface area contributed by atoms with Gasteiger partial charge < -0.3 is 14.2 Å². The first-order valence-corrected chi connectivity index (χ1v) is 5.33. The van der Waals surface area contributed by atoms with Crippen LogP contribution in [0.2, 0.25) is 0 Å². The first kappa shape index (κ1) is 14.1. The van der Waals surface area contributed by atoms with Gasteiger partial charge in [-0.2, -0.15) is 0 Å². The van der Waals surface area contributed by atoms with E-state index in [1.165, 1.54) is 6.08 Å². The van der Waals surface area contributed by atoms with Gasteiger partial charge in [-0.1, -0.05) is 12.1 Å². The molecule has 0 amide bonds. The molecule has 1 aromatic rings. The summed E-state index contributed by atoms with van der Waals surface area (Å²) in [6.45, 7) is 1.14. The third-order valence-corrected chi connectivity index (χ3v) is 2.01. The van der Waals surface area contributed by atoms with Crippen LogP contribution in [-0.4, -0.2) is 32.0 Å². The SMILES string of the molecule is COCCOCOc1ccc(C=C[N+](=O)[O-])cc1. The Labute approximate surface area is 105 Å². The molecule has 1 aromatic carbocycles. The van der Waals surface area contributed by atoms with Crippen molar-refractivity contribution >= 4 is 6.08 Å². The van der Waals surface area contributed by atoms with Crippen molar-refractivity contribution in [1.82, 2.24) is 0 Å². The molecular weight excluding hydrogens is 238 g/mol. The Hall–Kier alpha value is -1.92. The van der Waals surface area contributed by atoms with Gasteiger partial charge in [0.2, 0.25) is 6.20 Å². The molecule has 0 aliphatic heterocycles. The van der Waals surface area contributed by atoms with Gasteiger partial charge in [0.05, 0.1) is 18.1 Å². The number of benzene rings is 1. The topological polar surface area (TPSA) is 70.8 Å². The Balaban J connectivity index is 2.34. The van der Waals surface area contributed by atoms with Gasteiger partial charge >= 0.3 is 0 Å². The van der Waals surface area contributed by atoms with Crippen LogP contribution in [0.5, 0.6) is 5.75 Å². The molecule has 0 aliphatic rings. The quantitative estimate of drug-likeness (QED) is 0.306. The Morgan fingerprint density at radius 3 is 2.61 bits per heavy atom. The fourth-order valence-corrected chi connectivity index (χ4v) is 1.13. The maximum atomic E-state index is 10.1. The molecule has 0 saturated carbocycles. The van der Waals surface area contributed by atoms with Crippen LogP contribution in [0.25, 0.3) is 6.08 Å². The largest absolute Gasteiger partial charge is 0.468 e. The summed E-state index contributed by atoms with van der Waals surface area (Å²) in [5, 5.41) is 10.1. The van der Waals surface area contributed by atoms with Crippen molar-refractivity contribution in [2.24, 2.45) is 0 Å². The van der Waals surface area contributed by atoms with Gasteiger partial charge in [-0.3, -0.25) is 10.1 Å². The first-order chi connectivity index (χ1) is 8.72. The molecular formula is C12H15NO5. The number of hydrogen-bond donors (Lipinski definition) is 0. The molecule has 0 saturated heterocycles. The Kier molecular flexibility index (Phi) is 6.45. The Morgan fingerprint density at radius 2 is 2.00 bits per heavy atom. The summed E-state index contributed by atoms with van der Waals surface area (Å²) >= 11 is 0. The van der Waals surface area contributed by atoms with Crippen LogP contribution in [0.4, 0.5) is 0 Å². The van der Waals surface area contributed by atoms with Crippen molar-refractivity contribution in [2.45, 2.75) is 0 Å². The van der Waals surface area contributed by atoms with Crippen LogP contribution >= 0.6 is 0 Å². The lowest BCUT2D eigenvalue weighted by atomic mass is 10.2. The molecule has 0 unspecified atom stereocenters. The average molecular weight is 253 g/mol. The second-order valence-electron chi connectivity index (χ2n) is 3.33. The second kappa shape index (κ2) is 8.21. The summed E-state index contributed by atoms with van der Waals surface area (Å²) < 4.78 is 15.2. The Morgan fingerprint density at radius 1 is 1.28 bits per heavy atom. The van der Waals surface area contributed by atoms with E-state index in [0.717, 1.165) is 11.8 Å². The van der Waals surface area contributed by atoms with Gasteiger partial charge in [0.25, 0.3) is 0 Å². The molecule has 1 rings (SSSR count). The highest BCUT2D eigenvalue weighted by atomic mass is 16.7. The van der Waals surface area contributed by atoms with Crippen LogP contribution in [-0.2, 0) is 9.47 Å². The van der Waals surface area contributed by atoms with Crippen LogP contribution < -0.4 is 4.74 Å². The maximum absolute atomic E-state index is 10.1. The van der Waals surface area contributed by atoms with E-state index in [4.69, 9.17) is 14.2 Å². The van der Waals surface area contributed by atoms with Crippen LogP contribution in [0.15, 0.2) is 30.5 Å². The average Bonchev–Trinajstić information content (AvgIpc) is 2.37. The summed E-state index contributed by atoms with van der Waals surface area (Å²) in [6, 6.07) is 6.90. The number of ether oxygens (including phenoxy) is 3. The summed E-state index contributed by atoms with van der Waals surface area (Å²) in [4.78, 5) is 9.63. The second-order valence-corrected chi connectivity index (χ2v) is 3.33. The number of nitrogens with zero attached hydrogens (tertiary/aromatic N) is 1. The third kappa shape index (κ3) is 5.97. The Bertz CT molecular complexity index is 388. The summed E-state index contributed by atoms with van der Waals surface area (Å²) in [5.74, 6) is 0.644. The molecule has 18 heavy (non-hydrogen) atoms. The number of rotatable bonds is 8. The van der Waals surface area contributed by atoms with E-state index in [9.17, 15) is 10.1 Å². The van der Waals surface area contributed by atoms with Crippen LogP contribution in [0.1, 0.15) is 5.56 Å². The number of methoxy groups -OCH3 is 1. The molecule has 6 nitrogen and oxygen atoms in total. The summed E-state index contributed by atoms with van der Waals surface area (Å²) in [5.41, 5.74) is 0.736. The molecule has 0 bridgehead atoms. The van der Waals surface area contributed by atoms with Gasteiger partial charge in [0.1, 0.15) is 5.75 Å². The smallest absolute Gasteiger partial charge is 0.235 e. The zero-order valence-electron chi connectivity index (χ0n) is 10.1. The fraction of sp³-hybridized carbons (Fsp3) is 0.333. The molecule has 0 radical (unpaired) electrons. The predicted octanol–water partition coefficient (Wildman–Crippen LogP) is 1.93. The highest BCUT2D eigenvalue weighted by Gasteiger charge is 1.95. The monoisotopic (exact) mass is 253 g/mol. The van der Waals surface area contributed by atoms with Crippen molar-refractivity contribution in [3.63, 3.8) is 0 Å². The molecule has 6 heteroatoms. The lowest BCUT2D eigenvalue weighted by Gasteiger charge is -2.06. The zero-order valence-corrected chi connectivity index (χ0v) is 10.1. The van der Waals surface area contributed by atoms with Gasteiger partial charge in [-0.15, -0.1) is 0 Å². The number of hydrogen-bond acceptors (Lipinski definition) is 5. The van der Waals surface area contributed by atoms with E-state index in [0.29, 0.717) is 19.0 Å². The van der Waals surface area contributed by atoms with Crippen molar-refractivity contribution in [3.8, 4) is 5.75 Å². The van der Waals surface area contributed by atoms with E-state index < -0.39 is 4.92 Å².